The normalized spacial score (nSPS) is 10.5. The van der Waals surface area contributed by atoms with Gasteiger partial charge in [-0.1, -0.05) is 18.2 Å². The second-order valence-corrected chi connectivity index (χ2v) is 3.44. The van der Waals surface area contributed by atoms with Gasteiger partial charge in [0.15, 0.2) is 0 Å². The predicted octanol–water partition coefficient (Wildman–Crippen LogP) is 2.99. The number of carboxylic acids is 1. The third-order valence-corrected chi connectivity index (χ3v) is 2.38. The van der Waals surface area contributed by atoms with Crippen LogP contribution in [0, 0.1) is 12.7 Å². The molecule has 15 heavy (non-hydrogen) atoms. The van der Waals surface area contributed by atoms with Crippen molar-refractivity contribution in [2.45, 2.75) is 6.92 Å². The molecular weight excluding hydrogens is 195 g/mol. The van der Waals surface area contributed by atoms with Crippen LogP contribution in [0.4, 0.5) is 4.39 Å². The number of hydrogen-bond donors (Lipinski definition) is 1. The molecule has 0 aliphatic heterocycles. The van der Waals surface area contributed by atoms with Gasteiger partial charge in [-0.3, -0.25) is 0 Å². The fraction of sp³-hybridized carbons (Fsp3) is 0.0833. The summed E-state index contributed by atoms with van der Waals surface area (Å²) < 4.78 is 13.6. The van der Waals surface area contributed by atoms with Crippen LogP contribution in [0.5, 0.6) is 0 Å². The lowest BCUT2D eigenvalue weighted by molar-refractivity contribution is 0.0696. The van der Waals surface area contributed by atoms with Gasteiger partial charge in [0.05, 0.1) is 5.56 Å². The van der Waals surface area contributed by atoms with Crippen molar-refractivity contribution < 1.29 is 14.3 Å². The van der Waals surface area contributed by atoms with Crippen LogP contribution in [-0.2, 0) is 0 Å². The number of halogens is 1. The van der Waals surface area contributed by atoms with Gasteiger partial charge in [-0.05, 0) is 30.0 Å². The molecule has 0 radical (unpaired) electrons. The van der Waals surface area contributed by atoms with Gasteiger partial charge in [-0.15, -0.1) is 0 Å². The molecule has 0 saturated carbocycles. The van der Waals surface area contributed by atoms with Crippen LogP contribution in [0.25, 0.3) is 10.8 Å². The average Bonchev–Trinajstić information content (AvgIpc) is 2.17. The minimum Gasteiger partial charge on any atom is -0.478 e. The van der Waals surface area contributed by atoms with E-state index >= 15 is 0 Å². The summed E-state index contributed by atoms with van der Waals surface area (Å²) >= 11 is 0. The number of hydrogen-bond acceptors (Lipinski definition) is 1. The minimum absolute atomic E-state index is 0.0226. The Balaban J connectivity index is 2.84. The van der Waals surface area contributed by atoms with Gasteiger partial charge < -0.3 is 5.11 Å². The summed E-state index contributed by atoms with van der Waals surface area (Å²) in [4.78, 5) is 10.7. The molecule has 76 valence electrons. The monoisotopic (exact) mass is 204 g/mol. The predicted molar refractivity (Wildman–Crippen MR) is 55.6 cm³/mol. The van der Waals surface area contributed by atoms with Gasteiger partial charge >= 0.3 is 5.97 Å². The first-order chi connectivity index (χ1) is 7.09. The molecular formula is C12H9FO2. The minimum atomic E-state index is -1.11. The van der Waals surface area contributed by atoms with Crippen molar-refractivity contribution in [3.8, 4) is 0 Å². The molecule has 0 aliphatic carbocycles. The number of aromatic carboxylic acids is 1. The van der Waals surface area contributed by atoms with E-state index in [2.05, 4.69) is 0 Å². The van der Waals surface area contributed by atoms with E-state index in [0.717, 1.165) is 11.6 Å². The van der Waals surface area contributed by atoms with Crippen molar-refractivity contribution in [3.63, 3.8) is 0 Å². The first-order valence-corrected chi connectivity index (χ1v) is 4.52. The highest BCUT2D eigenvalue weighted by molar-refractivity contribution is 5.95. The summed E-state index contributed by atoms with van der Waals surface area (Å²) in [7, 11) is 0. The van der Waals surface area contributed by atoms with Crippen molar-refractivity contribution in [2.75, 3.05) is 0 Å². The molecule has 3 heteroatoms. The fourth-order valence-corrected chi connectivity index (χ4v) is 1.68. The summed E-state index contributed by atoms with van der Waals surface area (Å²) in [6.07, 6.45) is 0. The van der Waals surface area contributed by atoms with E-state index in [1.54, 1.807) is 25.1 Å². The van der Waals surface area contributed by atoms with Gasteiger partial charge in [0.25, 0.3) is 0 Å². The third kappa shape index (κ3) is 1.56. The fourth-order valence-electron chi connectivity index (χ4n) is 1.68. The standard InChI is InChI=1S/C12H9FO2/c1-7-3-2-4-8-5-9(12(14)15)6-10(13)11(7)8/h2-6H,1H3,(H,14,15). The van der Waals surface area contributed by atoms with Crippen LogP contribution in [0.3, 0.4) is 0 Å². The van der Waals surface area contributed by atoms with Crippen molar-refractivity contribution in [1.82, 2.24) is 0 Å². The quantitative estimate of drug-likeness (QED) is 0.775. The van der Waals surface area contributed by atoms with Crippen LogP contribution >= 0.6 is 0 Å². The molecule has 2 aromatic carbocycles. The molecule has 0 amide bonds. The Morgan fingerprint density at radius 3 is 2.73 bits per heavy atom. The van der Waals surface area contributed by atoms with E-state index in [4.69, 9.17) is 5.11 Å². The highest BCUT2D eigenvalue weighted by Crippen LogP contribution is 2.23. The van der Waals surface area contributed by atoms with Crippen molar-refractivity contribution in [2.24, 2.45) is 0 Å². The molecule has 2 nitrogen and oxygen atoms in total. The zero-order valence-corrected chi connectivity index (χ0v) is 8.12. The number of benzene rings is 2. The van der Waals surface area contributed by atoms with Crippen molar-refractivity contribution in [1.29, 1.82) is 0 Å². The Bertz CT molecular complexity index is 547. The number of fused-ring (bicyclic) bond motifs is 1. The van der Waals surface area contributed by atoms with Crippen LogP contribution in [-0.4, -0.2) is 11.1 Å². The number of aryl methyl sites for hydroxylation is 1. The molecule has 0 atom stereocenters. The van der Waals surface area contributed by atoms with Crippen LogP contribution in [0.1, 0.15) is 15.9 Å². The van der Waals surface area contributed by atoms with Crippen LogP contribution < -0.4 is 0 Å². The Kier molecular flexibility index (Phi) is 2.15. The maximum atomic E-state index is 13.6. The summed E-state index contributed by atoms with van der Waals surface area (Å²) in [5.41, 5.74) is 0.785. The van der Waals surface area contributed by atoms with E-state index in [0.29, 0.717) is 10.8 Å². The first kappa shape index (κ1) is 9.65. The van der Waals surface area contributed by atoms with Gasteiger partial charge in [0.2, 0.25) is 0 Å². The van der Waals surface area contributed by atoms with E-state index in [1.807, 2.05) is 0 Å². The van der Waals surface area contributed by atoms with Gasteiger partial charge in [-0.25, -0.2) is 9.18 Å². The maximum Gasteiger partial charge on any atom is 0.335 e. The lowest BCUT2D eigenvalue weighted by Crippen LogP contribution is -1.97. The van der Waals surface area contributed by atoms with E-state index in [9.17, 15) is 9.18 Å². The summed E-state index contributed by atoms with van der Waals surface area (Å²) in [5.74, 6) is -1.60. The van der Waals surface area contributed by atoms with Crippen LogP contribution in [0.2, 0.25) is 0 Å². The van der Waals surface area contributed by atoms with Crippen LogP contribution in [0.15, 0.2) is 30.3 Å². The molecule has 0 bridgehead atoms. The maximum absolute atomic E-state index is 13.6. The summed E-state index contributed by atoms with van der Waals surface area (Å²) in [6.45, 7) is 1.80. The molecule has 0 heterocycles. The molecule has 0 aromatic heterocycles. The van der Waals surface area contributed by atoms with Crippen molar-refractivity contribution >= 4 is 16.7 Å². The smallest absolute Gasteiger partial charge is 0.335 e. The Labute approximate surface area is 86.0 Å². The largest absolute Gasteiger partial charge is 0.478 e. The lowest BCUT2D eigenvalue weighted by atomic mass is 10.0. The zero-order valence-electron chi connectivity index (χ0n) is 8.12. The summed E-state index contributed by atoms with van der Waals surface area (Å²) in [6, 6.07) is 7.82. The first-order valence-electron chi connectivity index (χ1n) is 4.52. The van der Waals surface area contributed by atoms with Gasteiger partial charge in [0.1, 0.15) is 5.82 Å². The van der Waals surface area contributed by atoms with Crippen molar-refractivity contribution in [3.05, 3.63) is 47.3 Å². The number of rotatable bonds is 1. The highest BCUT2D eigenvalue weighted by atomic mass is 19.1. The van der Waals surface area contributed by atoms with E-state index in [-0.39, 0.29) is 5.56 Å². The number of carbonyl (C=O) groups is 1. The molecule has 0 saturated heterocycles. The molecule has 0 aliphatic rings. The van der Waals surface area contributed by atoms with Gasteiger partial charge in [-0.2, -0.15) is 0 Å². The number of carboxylic acid groups (broad SMARTS) is 1. The average molecular weight is 204 g/mol. The Hall–Kier alpha value is -1.90. The highest BCUT2D eigenvalue weighted by Gasteiger charge is 2.09. The topological polar surface area (TPSA) is 37.3 Å². The third-order valence-electron chi connectivity index (χ3n) is 2.38. The second-order valence-electron chi connectivity index (χ2n) is 3.44. The molecule has 0 unspecified atom stereocenters. The Morgan fingerprint density at radius 2 is 2.07 bits per heavy atom. The van der Waals surface area contributed by atoms with Gasteiger partial charge in [0, 0.05) is 5.39 Å². The molecule has 0 fully saturated rings. The zero-order chi connectivity index (χ0) is 11.0. The summed E-state index contributed by atoms with van der Waals surface area (Å²) in [5, 5.41) is 9.88. The second kappa shape index (κ2) is 3.35. The lowest BCUT2D eigenvalue weighted by Gasteiger charge is -2.04. The molecule has 2 rings (SSSR count). The van der Waals surface area contributed by atoms with E-state index < -0.39 is 11.8 Å². The molecule has 0 spiro atoms. The molecule has 1 N–H and O–H groups in total. The SMILES string of the molecule is Cc1cccc2cc(C(=O)O)cc(F)c12. The van der Waals surface area contributed by atoms with E-state index in [1.165, 1.54) is 6.07 Å². The molecule has 2 aromatic rings. The Morgan fingerprint density at radius 1 is 1.33 bits per heavy atom.